The first-order valence-corrected chi connectivity index (χ1v) is 8.68. The van der Waals surface area contributed by atoms with Gasteiger partial charge in [-0.05, 0) is 26.2 Å². The topological polar surface area (TPSA) is 75.1 Å². The molecule has 1 saturated heterocycles. The second-order valence-corrected chi connectivity index (χ2v) is 6.48. The molecule has 0 aliphatic carbocycles. The van der Waals surface area contributed by atoms with Gasteiger partial charge < -0.3 is 9.80 Å². The van der Waals surface area contributed by atoms with Crippen molar-refractivity contribution in [3.05, 3.63) is 42.4 Å². The fourth-order valence-electron chi connectivity index (χ4n) is 3.34. The Kier molecular flexibility index (Phi) is 5.53. The van der Waals surface area contributed by atoms with E-state index < -0.39 is 0 Å². The SMILES string of the molecule is CC(=O)N(Cc1cncnc1)[C@H]1CCCN(c2cc(C)ncn2)CC1. The van der Waals surface area contributed by atoms with Crippen molar-refractivity contribution in [2.75, 3.05) is 18.0 Å². The van der Waals surface area contributed by atoms with Crippen molar-refractivity contribution in [3.8, 4) is 0 Å². The molecule has 3 heterocycles. The summed E-state index contributed by atoms with van der Waals surface area (Å²) in [6, 6.07) is 2.25. The van der Waals surface area contributed by atoms with Crippen molar-refractivity contribution in [2.24, 2.45) is 0 Å². The highest BCUT2D eigenvalue weighted by atomic mass is 16.2. The summed E-state index contributed by atoms with van der Waals surface area (Å²) in [7, 11) is 0. The molecule has 1 aliphatic heterocycles. The van der Waals surface area contributed by atoms with Crippen LogP contribution in [0.25, 0.3) is 0 Å². The van der Waals surface area contributed by atoms with Gasteiger partial charge in [0.05, 0.1) is 0 Å². The van der Waals surface area contributed by atoms with Crippen LogP contribution < -0.4 is 4.90 Å². The zero-order chi connectivity index (χ0) is 17.6. The van der Waals surface area contributed by atoms with Crippen molar-refractivity contribution in [3.63, 3.8) is 0 Å². The Morgan fingerprint density at radius 3 is 2.72 bits per heavy atom. The smallest absolute Gasteiger partial charge is 0.219 e. The Labute approximate surface area is 148 Å². The zero-order valence-electron chi connectivity index (χ0n) is 14.8. The number of aryl methyl sites for hydroxylation is 1. The van der Waals surface area contributed by atoms with Crippen molar-refractivity contribution in [1.82, 2.24) is 24.8 Å². The number of anilines is 1. The highest BCUT2D eigenvalue weighted by molar-refractivity contribution is 5.73. The number of nitrogens with zero attached hydrogens (tertiary/aromatic N) is 6. The summed E-state index contributed by atoms with van der Waals surface area (Å²) in [5.41, 5.74) is 1.94. The Balaban J connectivity index is 1.68. The Hall–Kier alpha value is -2.57. The van der Waals surface area contributed by atoms with Crippen LogP contribution in [0.3, 0.4) is 0 Å². The molecule has 1 fully saturated rings. The second-order valence-electron chi connectivity index (χ2n) is 6.48. The van der Waals surface area contributed by atoms with Crippen molar-refractivity contribution in [2.45, 2.75) is 45.7 Å². The zero-order valence-corrected chi connectivity index (χ0v) is 14.8. The van der Waals surface area contributed by atoms with E-state index in [-0.39, 0.29) is 11.9 Å². The highest BCUT2D eigenvalue weighted by Crippen LogP contribution is 2.22. The molecule has 0 N–H and O–H groups in total. The van der Waals surface area contributed by atoms with Crippen molar-refractivity contribution < 1.29 is 4.79 Å². The van der Waals surface area contributed by atoms with E-state index in [2.05, 4.69) is 24.8 Å². The molecular weight excluding hydrogens is 316 g/mol. The van der Waals surface area contributed by atoms with Gasteiger partial charge >= 0.3 is 0 Å². The minimum Gasteiger partial charge on any atom is -0.356 e. The summed E-state index contributed by atoms with van der Waals surface area (Å²) in [5.74, 6) is 1.07. The lowest BCUT2D eigenvalue weighted by molar-refractivity contribution is -0.132. The summed E-state index contributed by atoms with van der Waals surface area (Å²) >= 11 is 0. The van der Waals surface area contributed by atoms with E-state index in [9.17, 15) is 4.79 Å². The first-order valence-electron chi connectivity index (χ1n) is 8.68. The lowest BCUT2D eigenvalue weighted by Crippen LogP contribution is -2.39. The molecule has 1 amide bonds. The summed E-state index contributed by atoms with van der Waals surface area (Å²) < 4.78 is 0. The monoisotopic (exact) mass is 340 g/mol. The van der Waals surface area contributed by atoms with Crippen LogP contribution >= 0.6 is 0 Å². The maximum atomic E-state index is 12.2. The number of amides is 1. The molecular formula is C18H24N6O. The fourth-order valence-corrected chi connectivity index (χ4v) is 3.34. The van der Waals surface area contributed by atoms with E-state index >= 15 is 0 Å². The average molecular weight is 340 g/mol. The first-order chi connectivity index (χ1) is 12.1. The Bertz CT molecular complexity index is 708. The van der Waals surface area contributed by atoms with E-state index in [0.29, 0.717) is 6.54 Å². The predicted octanol–water partition coefficient (Wildman–Crippen LogP) is 1.98. The average Bonchev–Trinajstić information content (AvgIpc) is 2.86. The van der Waals surface area contributed by atoms with Gasteiger partial charge in [0.1, 0.15) is 18.5 Å². The van der Waals surface area contributed by atoms with Crippen LogP contribution in [-0.4, -0.2) is 49.9 Å². The minimum absolute atomic E-state index is 0.0974. The van der Waals surface area contributed by atoms with Gasteiger partial charge in [-0.1, -0.05) is 0 Å². The normalized spacial score (nSPS) is 17.8. The fraction of sp³-hybridized carbons (Fsp3) is 0.500. The molecule has 25 heavy (non-hydrogen) atoms. The number of carbonyl (C=O) groups excluding carboxylic acids is 1. The lowest BCUT2D eigenvalue weighted by atomic mass is 10.1. The summed E-state index contributed by atoms with van der Waals surface area (Å²) in [6.45, 7) is 6.02. The standard InChI is InChI=1S/C18H24N6O/c1-14-8-18(22-13-21-14)23-6-3-4-17(5-7-23)24(15(2)25)11-16-9-19-12-20-10-16/h8-10,12-13,17H,3-7,11H2,1-2H3/t17-/m0/s1. The summed E-state index contributed by atoms with van der Waals surface area (Å²) in [4.78, 5) is 33.1. The first kappa shape index (κ1) is 17.3. The molecule has 0 bridgehead atoms. The molecule has 0 radical (unpaired) electrons. The minimum atomic E-state index is 0.0974. The van der Waals surface area contributed by atoms with Crippen molar-refractivity contribution >= 4 is 11.7 Å². The van der Waals surface area contributed by atoms with Crippen LogP contribution in [0.2, 0.25) is 0 Å². The van der Waals surface area contributed by atoms with Crippen LogP contribution in [0.5, 0.6) is 0 Å². The number of aromatic nitrogens is 4. The lowest BCUT2D eigenvalue weighted by Gasteiger charge is -2.30. The molecule has 3 rings (SSSR count). The van der Waals surface area contributed by atoms with Crippen LogP contribution in [0.1, 0.15) is 37.4 Å². The van der Waals surface area contributed by atoms with Crippen LogP contribution in [0.15, 0.2) is 31.1 Å². The van der Waals surface area contributed by atoms with Crippen molar-refractivity contribution in [1.29, 1.82) is 0 Å². The molecule has 0 spiro atoms. The molecule has 0 unspecified atom stereocenters. The van der Waals surface area contributed by atoms with Gasteiger partial charge in [-0.2, -0.15) is 0 Å². The third-order valence-electron chi connectivity index (χ3n) is 4.62. The molecule has 1 aliphatic rings. The molecule has 2 aromatic heterocycles. The van der Waals surface area contributed by atoms with Crippen LogP contribution in [0.4, 0.5) is 5.82 Å². The molecule has 2 aromatic rings. The summed E-state index contributed by atoms with van der Waals surface area (Å²) in [5, 5.41) is 0. The number of carbonyl (C=O) groups is 1. The van der Waals surface area contributed by atoms with Gasteiger partial charge in [0.15, 0.2) is 0 Å². The highest BCUT2D eigenvalue weighted by Gasteiger charge is 2.25. The Morgan fingerprint density at radius 2 is 2.00 bits per heavy atom. The van der Waals surface area contributed by atoms with Gasteiger partial charge in [0.2, 0.25) is 5.91 Å². The molecule has 132 valence electrons. The Morgan fingerprint density at radius 1 is 1.20 bits per heavy atom. The third-order valence-corrected chi connectivity index (χ3v) is 4.62. The molecule has 7 heteroatoms. The van der Waals surface area contributed by atoms with Gasteiger partial charge in [-0.25, -0.2) is 19.9 Å². The summed E-state index contributed by atoms with van der Waals surface area (Å²) in [6.07, 6.45) is 9.62. The maximum Gasteiger partial charge on any atom is 0.219 e. The van der Waals surface area contributed by atoms with Gasteiger partial charge in [-0.15, -0.1) is 0 Å². The number of rotatable bonds is 4. The van der Waals surface area contributed by atoms with Gasteiger partial charge in [0.25, 0.3) is 0 Å². The molecule has 0 saturated carbocycles. The predicted molar refractivity (Wildman–Crippen MR) is 94.9 cm³/mol. The van der Waals surface area contributed by atoms with E-state index in [1.54, 1.807) is 25.6 Å². The van der Waals surface area contributed by atoms with E-state index in [4.69, 9.17) is 0 Å². The van der Waals surface area contributed by atoms with Gasteiger partial charge in [-0.3, -0.25) is 4.79 Å². The largest absolute Gasteiger partial charge is 0.356 e. The quantitative estimate of drug-likeness (QED) is 0.847. The third kappa shape index (κ3) is 4.49. The molecule has 7 nitrogen and oxygen atoms in total. The van der Waals surface area contributed by atoms with Crippen LogP contribution in [-0.2, 0) is 11.3 Å². The number of hydrogen-bond acceptors (Lipinski definition) is 6. The van der Waals surface area contributed by atoms with Crippen LogP contribution in [0, 0.1) is 6.92 Å². The second kappa shape index (κ2) is 8.00. The van der Waals surface area contributed by atoms with E-state index in [1.165, 1.54) is 6.33 Å². The maximum absolute atomic E-state index is 12.2. The molecule has 0 aromatic carbocycles. The van der Waals surface area contributed by atoms with E-state index in [1.807, 2.05) is 17.9 Å². The van der Waals surface area contributed by atoms with Gasteiger partial charge in [0, 0.05) is 62.3 Å². The molecule has 1 atom stereocenters. The number of hydrogen-bond donors (Lipinski definition) is 0. The van der Waals surface area contributed by atoms with E-state index in [0.717, 1.165) is 49.4 Å².